The van der Waals surface area contributed by atoms with Gasteiger partial charge in [0.05, 0.1) is 18.1 Å². The quantitative estimate of drug-likeness (QED) is 0.789. The van der Waals surface area contributed by atoms with Crippen LogP contribution < -0.4 is 9.64 Å². The Labute approximate surface area is 152 Å². The highest BCUT2D eigenvalue weighted by atomic mass is 16.5. The van der Waals surface area contributed by atoms with Gasteiger partial charge in [0.25, 0.3) is 5.91 Å². The van der Waals surface area contributed by atoms with Crippen molar-refractivity contribution in [3.8, 4) is 5.75 Å². The molecule has 1 aliphatic heterocycles. The second-order valence-electron chi connectivity index (χ2n) is 6.53. The highest BCUT2D eigenvalue weighted by Crippen LogP contribution is 2.21. The summed E-state index contributed by atoms with van der Waals surface area (Å²) in [5, 5.41) is 0. The smallest absolute Gasteiger partial charge is 0.254 e. The van der Waals surface area contributed by atoms with Gasteiger partial charge >= 0.3 is 0 Å². The fourth-order valence-electron chi connectivity index (χ4n) is 3.41. The molecule has 1 aliphatic rings. The van der Waals surface area contributed by atoms with Crippen LogP contribution in [0.3, 0.4) is 0 Å². The van der Waals surface area contributed by atoms with Gasteiger partial charge in [-0.3, -0.25) is 4.79 Å². The summed E-state index contributed by atoms with van der Waals surface area (Å²) in [5.41, 5.74) is 3.67. The maximum Gasteiger partial charge on any atom is 0.254 e. The summed E-state index contributed by atoms with van der Waals surface area (Å²) in [4.78, 5) is 24.6. The van der Waals surface area contributed by atoms with Gasteiger partial charge in [-0.05, 0) is 49.4 Å². The van der Waals surface area contributed by atoms with Crippen LogP contribution in [0.2, 0.25) is 0 Å². The molecule has 4 rings (SSSR count). The fourth-order valence-corrected chi connectivity index (χ4v) is 3.41. The number of carbonyl (C=O) groups is 1. The lowest BCUT2D eigenvalue weighted by molar-refractivity contribution is 0.0747. The average molecular weight is 350 g/mol. The number of H-pyrrole nitrogens is 1. The summed E-state index contributed by atoms with van der Waals surface area (Å²) in [7, 11) is 1.67. The van der Waals surface area contributed by atoms with E-state index < -0.39 is 0 Å². The first-order valence-corrected chi connectivity index (χ1v) is 8.79. The van der Waals surface area contributed by atoms with Crippen molar-refractivity contribution in [1.82, 2.24) is 14.9 Å². The molecule has 1 saturated heterocycles. The summed E-state index contributed by atoms with van der Waals surface area (Å²) in [6, 6.07) is 13.7. The molecule has 1 N–H and O–H groups in total. The maximum absolute atomic E-state index is 12.8. The Balaban J connectivity index is 1.43. The third-order valence-corrected chi connectivity index (χ3v) is 4.85. The summed E-state index contributed by atoms with van der Waals surface area (Å²) in [5.74, 6) is 1.79. The lowest BCUT2D eigenvalue weighted by atomic mass is 10.1. The molecule has 0 aliphatic carbocycles. The number of hydrogen-bond donors (Lipinski definition) is 1. The molecule has 1 aromatic heterocycles. The molecule has 6 heteroatoms. The zero-order valence-electron chi connectivity index (χ0n) is 15.0. The Morgan fingerprint density at radius 2 is 1.81 bits per heavy atom. The predicted octanol–water partition coefficient (Wildman–Crippen LogP) is 2.84. The molecule has 2 heterocycles. The number of nitrogens with zero attached hydrogens (tertiary/aromatic N) is 3. The van der Waals surface area contributed by atoms with Crippen molar-refractivity contribution < 1.29 is 9.53 Å². The number of imidazole rings is 1. The number of methoxy groups -OCH3 is 1. The number of aryl methyl sites for hydroxylation is 1. The third kappa shape index (κ3) is 3.10. The fraction of sp³-hybridized carbons (Fsp3) is 0.300. The zero-order chi connectivity index (χ0) is 18.1. The predicted molar refractivity (Wildman–Crippen MR) is 102 cm³/mol. The minimum atomic E-state index is 0.0773. The molecule has 0 unspecified atom stereocenters. The molecule has 26 heavy (non-hydrogen) atoms. The van der Waals surface area contributed by atoms with Crippen LogP contribution in [0.25, 0.3) is 11.0 Å². The van der Waals surface area contributed by atoms with Gasteiger partial charge in [-0.2, -0.15) is 0 Å². The van der Waals surface area contributed by atoms with Gasteiger partial charge in [-0.15, -0.1) is 0 Å². The van der Waals surface area contributed by atoms with E-state index in [2.05, 4.69) is 27.0 Å². The number of amides is 1. The van der Waals surface area contributed by atoms with Gasteiger partial charge in [0.1, 0.15) is 11.6 Å². The largest absolute Gasteiger partial charge is 0.497 e. The molecule has 3 aromatic rings. The van der Waals surface area contributed by atoms with E-state index >= 15 is 0 Å². The van der Waals surface area contributed by atoms with Gasteiger partial charge in [-0.1, -0.05) is 0 Å². The average Bonchev–Trinajstić information content (AvgIpc) is 3.07. The number of anilines is 1. The minimum Gasteiger partial charge on any atom is -0.497 e. The number of carbonyl (C=O) groups excluding carboxylic acids is 1. The number of nitrogens with one attached hydrogen (secondary N) is 1. The van der Waals surface area contributed by atoms with Gasteiger partial charge in [0.15, 0.2) is 0 Å². The van der Waals surface area contributed by atoms with Crippen molar-refractivity contribution >= 4 is 22.6 Å². The molecule has 0 saturated carbocycles. The minimum absolute atomic E-state index is 0.0773. The molecular weight excluding hydrogens is 328 g/mol. The second kappa shape index (κ2) is 6.71. The molecule has 0 atom stereocenters. The lowest BCUT2D eigenvalue weighted by Crippen LogP contribution is -2.48. The van der Waals surface area contributed by atoms with Gasteiger partial charge in [-0.25, -0.2) is 4.98 Å². The van der Waals surface area contributed by atoms with Crippen LogP contribution in [-0.2, 0) is 0 Å². The SMILES string of the molecule is COc1ccc(N2CCN(C(=O)c3ccc4nc(C)[nH]c4c3)CC2)cc1. The number of aromatic nitrogens is 2. The molecule has 6 nitrogen and oxygen atoms in total. The summed E-state index contributed by atoms with van der Waals surface area (Å²) < 4.78 is 5.21. The van der Waals surface area contributed by atoms with E-state index in [1.807, 2.05) is 42.2 Å². The van der Waals surface area contributed by atoms with Crippen molar-refractivity contribution in [1.29, 1.82) is 0 Å². The Morgan fingerprint density at radius 3 is 2.50 bits per heavy atom. The summed E-state index contributed by atoms with van der Waals surface area (Å²) >= 11 is 0. The Hall–Kier alpha value is -3.02. The van der Waals surface area contributed by atoms with Crippen LogP contribution in [0.5, 0.6) is 5.75 Å². The number of aromatic amines is 1. The summed E-state index contributed by atoms with van der Waals surface area (Å²) in [6.07, 6.45) is 0. The van der Waals surface area contributed by atoms with Crippen molar-refractivity contribution in [2.24, 2.45) is 0 Å². The van der Waals surface area contributed by atoms with Crippen LogP contribution >= 0.6 is 0 Å². The Bertz CT molecular complexity index is 925. The van der Waals surface area contributed by atoms with Gasteiger partial charge in [0.2, 0.25) is 0 Å². The van der Waals surface area contributed by atoms with Crippen molar-refractivity contribution in [3.63, 3.8) is 0 Å². The van der Waals surface area contributed by atoms with E-state index in [-0.39, 0.29) is 5.91 Å². The normalized spacial score (nSPS) is 14.7. The first kappa shape index (κ1) is 16.4. The Kier molecular flexibility index (Phi) is 4.24. The second-order valence-corrected chi connectivity index (χ2v) is 6.53. The first-order chi connectivity index (χ1) is 12.6. The highest BCUT2D eigenvalue weighted by molar-refractivity contribution is 5.97. The molecule has 2 aromatic carbocycles. The van der Waals surface area contributed by atoms with E-state index in [0.29, 0.717) is 18.7 Å². The maximum atomic E-state index is 12.8. The third-order valence-electron chi connectivity index (χ3n) is 4.85. The van der Waals surface area contributed by atoms with Crippen LogP contribution in [0, 0.1) is 6.92 Å². The van der Waals surface area contributed by atoms with Crippen LogP contribution in [-0.4, -0.2) is 54.1 Å². The number of rotatable bonds is 3. The van der Waals surface area contributed by atoms with E-state index in [1.54, 1.807) is 7.11 Å². The van der Waals surface area contributed by atoms with Crippen LogP contribution in [0.4, 0.5) is 5.69 Å². The van der Waals surface area contributed by atoms with Gasteiger partial charge < -0.3 is 19.5 Å². The molecule has 1 fully saturated rings. The number of hydrogen-bond acceptors (Lipinski definition) is 4. The number of piperazine rings is 1. The highest BCUT2D eigenvalue weighted by Gasteiger charge is 2.22. The molecule has 134 valence electrons. The van der Waals surface area contributed by atoms with Crippen molar-refractivity contribution in [2.75, 3.05) is 38.2 Å². The molecule has 0 spiro atoms. The number of ether oxygens (including phenoxy) is 1. The van der Waals surface area contributed by atoms with E-state index in [1.165, 1.54) is 0 Å². The van der Waals surface area contributed by atoms with Gasteiger partial charge in [0, 0.05) is 37.4 Å². The van der Waals surface area contributed by atoms with E-state index in [4.69, 9.17) is 4.74 Å². The topological polar surface area (TPSA) is 61.5 Å². The molecule has 0 bridgehead atoms. The van der Waals surface area contributed by atoms with Crippen LogP contribution in [0.1, 0.15) is 16.2 Å². The van der Waals surface area contributed by atoms with E-state index in [0.717, 1.165) is 41.4 Å². The van der Waals surface area contributed by atoms with Crippen LogP contribution in [0.15, 0.2) is 42.5 Å². The monoisotopic (exact) mass is 350 g/mol. The summed E-state index contributed by atoms with van der Waals surface area (Å²) in [6.45, 7) is 4.99. The first-order valence-electron chi connectivity index (χ1n) is 8.79. The number of benzene rings is 2. The van der Waals surface area contributed by atoms with Crippen molar-refractivity contribution in [3.05, 3.63) is 53.9 Å². The zero-order valence-corrected chi connectivity index (χ0v) is 15.0. The Morgan fingerprint density at radius 1 is 1.08 bits per heavy atom. The lowest BCUT2D eigenvalue weighted by Gasteiger charge is -2.36. The van der Waals surface area contributed by atoms with Crippen molar-refractivity contribution in [2.45, 2.75) is 6.92 Å². The molecule has 1 amide bonds. The standard InChI is InChI=1S/C20H22N4O2/c1-14-21-18-8-3-15(13-19(18)22-14)20(25)24-11-9-23(10-12-24)16-4-6-17(26-2)7-5-16/h3-8,13H,9-12H2,1-2H3,(H,21,22). The number of fused-ring (bicyclic) bond motifs is 1. The molecular formula is C20H22N4O2. The molecule has 0 radical (unpaired) electrons. The van der Waals surface area contributed by atoms with E-state index in [9.17, 15) is 4.79 Å².